The van der Waals surface area contributed by atoms with Crippen molar-refractivity contribution in [2.45, 2.75) is 63.7 Å². The number of amides is 1. The van der Waals surface area contributed by atoms with Gasteiger partial charge in [0.2, 0.25) is 5.91 Å². The molecule has 0 aromatic carbocycles. The molecule has 1 aliphatic carbocycles. The molecule has 0 unspecified atom stereocenters. The summed E-state index contributed by atoms with van der Waals surface area (Å²) in [6, 6.07) is 0.218. The first-order chi connectivity index (χ1) is 9.81. The normalized spacial score (nSPS) is 33.8. The van der Waals surface area contributed by atoms with Gasteiger partial charge in [-0.05, 0) is 45.4 Å². The Labute approximate surface area is 121 Å². The molecule has 2 saturated heterocycles. The molecule has 0 saturated carbocycles. The van der Waals surface area contributed by atoms with Crippen molar-refractivity contribution in [1.29, 1.82) is 0 Å². The highest BCUT2D eigenvalue weighted by atomic mass is 16.5. The number of rotatable bonds is 3. The van der Waals surface area contributed by atoms with Crippen molar-refractivity contribution >= 4 is 5.91 Å². The second-order valence-corrected chi connectivity index (χ2v) is 5.95. The van der Waals surface area contributed by atoms with E-state index in [0.717, 1.165) is 57.4 Å². The van der Waals surface area contributed by atoms with Crippen molar-refractivity contribution in [3.8, 4) is 0 Å². The zero-order chi connectivity index (χ0) is 13.9. The van der Waals surface area contributed by atoms with Crippen LogP contribution in [-0.4, -0.2) is 48.8 Å². The van der Waals surface area contributed by atoms with Gasteiger partial charge in [0, 0.05) is 25.3 Å². The van der Waals surface area contributed by atoms with Gasteiger partial charge >= 0.3 is 0 Å². The lowest BCUT2D eigenvalue weighted by molar-refractivity contribution is -0.141. The molecule has 4 nitrogen and oxygen atoms in total. The van der Waals surface area contributed by atoms with Crippen LogP contribution in [0.4, 0.5) is 0 Å². The minimum absolute atomic E-state index is 0.0804. The van der Waals surface area contributed by atoms with E-state index in [-0.39, 0.29) is 24.2 Å². The van der Waals surface area contributed by atoms with Crippen LogP contribution in [0.3, 0.4) is 0 Å². The number of nitrogens with zero attached hydrogens (tertiary/aromatic N) is 1. The molecular weight excluding hydrogens is 254 g/mol. The molecule has 4 heteroatoms. The molecule has 3 rings (SSSR count). The standard InChI is InChI=1S/C16H25NO3/c1-2-19-14-8-10-17(13-9-11-20-15(13)14)16(18)12-6-4-3-5-7-12/h6,13-15H,2-5,7-11H2,1H3/t13-,14+,15-/m0/s1. The predicted octanol–water partition coefficient (Wildman–Crippen LogP) is 2.28. The number of hydrogen-bond acceptors (Lipinski definition) is 3. The molecule has 3 aliphatic rings. The Bertz CT molecular complexity index is 393. The molecule has 0 aromatic rings. The van der Waals surface area contributed by atoms with Gasteiger partial charge in [0.05, 0.1) is 12.1 Å². The van der Waals surface area contributed by atoms with E-state index in [1.54, 1.807) is 0 Å². The Morgan fingerprint density at radius 2 is 2.35 bits per heavy atom. The summed E-state index contributed by atoms with van der Waals surface area (Å²) >= 11 is 0. The second-order valence-electron chi connectivity index (χ2n) is 5.95. The number of carbonyl (C=O) groups excluding carboxylic acids is 1. The van der Waals surface area contributed by atoms with E-state index in [1.165, 1.54) is 6.42 Å². The molecule has 112 valence electrons. The summed E-state index contributed by atoms with van der Waals surface area (Å²) < 4.78 is 11.6. The van der Waals surface area contributed by atoms with E-state index in [9.17, 15) is 4.79 Å². The van der Waals surface area contributed by atoms with Crippen LogP contribution in [0.25, 0.3) is 0 Å². The Balaban J connectivity index is 1.71. The summed E-state index contributed by atoms with van der Waals surface area (Å²) in [5, 5.41) is 0. The lowest BCUT2D eigenvalue weighted by Gasteiger charge is -2.41. The Morgan fingerprint density at radius 3 is 3.10 bits per heavy atom. The van der Waals surface area contributed by atoms with Crippen LogP contribution in [0.5, 0.6) is 0 Å². The number of allylic oxidation sites excluding steroid dienone is 1. The minimum atomic E-state index is 0.0804. The average molecular weight is 279 g/mol. The van der Waals surface area contributed by atoms with Gasteiger partial charge < -0.3 is 14.4 Å². The van der Waals surface area contributed by atoms with Gasteiger partial charge in [-0.1, -0.05) is 6.08 Å². The summed E-state index contributed by atoms with van der Waals surface area (Å²) in [6.45, 7) is 4.30. The zero-order valence-electron chi connectivity index (χ0n) is 12.3. The maximum atomic E-state index is 12.7. The molecule has 0 N–H and O–H groups in total. The molecular formula is C16H25NO3. The lowest BCUT2D eigenvalue weighted by Crippen LogP contribution is -2.55. The van der Waals surface area contributed by atoms with Crippen LogP contribution in [0, 0.1) is 0 Å². The quantitative estimate of drug-likeness (QED) is 0.795. The topological polar surface area (TPSA) is 38.8 Å². The fourth-order valence-corrected chi connectivity index (χ4v) is 3.75. The summed E-state index contributed by atoms with van der Waals surface area (Å²) in [5.74, 6) is 0.250. The van der Waals surface area contributed by atoms with E-state index in [2.05, 4.69) is 11.0 Å². The third-order valence-corrected chi connectivity index (χ3v) is 4.73. The fraction of sp³-hybridized carbons (Fsp3) is 0.812. The van der Waals surface area contributed by atoms with Crippen LogP contribution in [-0.2, 0) is 14.3 Å². The molecule has 0 bridgehead atoms. The molecule has 20 heavy (non-hydrogen) atoms. The highest BCUT2D eigenvalue weighted by Gasteiger charge is 2.44. The van der Waals surface area contributed by atoms with Crippen molar-refractivity contribution in [2.75, 3.05) is 19.8 Å². The van der Waals surface area contributed by atoms with Gasteiger partial charge in [-0.2, -0.15) is 0 Å². The number of carbonyl (C=O) groups is 1. The van der Waals surface area contributed by atoms with E-state index in [0.29, 0.717) is 0 Å². The number of fused-ring (bicyclic) bond motifs is 1. The van der Waals surface area contributed by atoms with E-state index < -0.39 is 0 Å². The fourth-order valence-electron chi connectivity index (χ4n) is 3.75. The number of ether oxygens (including phenoxy) is 2. The van der Waals surface area contributed by atoms with Crippen LogP contribution in [0.15, 0.2) is 11.6 Å². The predicted molar refractivity (Wildman–Crippen MR) is 76.4 cm³/mol. The third-order valence-electron chi connectivity index (χ3n) is 4.73. The Kier molecular flexibility index (Phi) is 4.41. The van der Waals surface area contributed by atoms with Crippen molar-refractivity contribution in [2.24, 2.45) is 0 Å². The zero-order valence-corrected chi connectivity index (χ0v) is 12.3. The molecule has 0 radical (unpaired) electrons. The van der Waals surface area contributed by atoms with Crippen molar-refractivity contribution in [1.82, 2.24) is 4.90 Å². The molecule has 0 aromatic heterocycles. The maximum absolute atomic E-state index is 12.7. The van der Waals surface area contributed by atoms with Crippen LogP contribution >= 0.6 is 0 Å². The average Bonchev–Trinajstić information content (AvgIpc) is 2.98. The largest absolute Gasteiger partial charge is 0.376 e. The summed E-state index contributed by atoms with van der Waals surface area (Å²) in [5.41, 5.74) is 1.02. The van der Waals surface area contributed by atoms with Crippen LogP contribution < -0.4 is 0 Å². The summed E-state index contributed by atoms with van der Waals surface area (Å²) in [4.78, 5) is 14.8. The second kappa shape index (κ2) is 6.27. The molecule has 1 amide bonds. The summed E-state index contributed by atoms with van der Waals surface area (Å²) in [7, 11) is 0. The highest BCUT2D eigenvalue weighted by Crippen LogP contribution is 2.32. The van der Waals surface area contributed by atoms with E-state index in [4.69, 9.17) is 9.47 Å². The number of hydrogen-bond donors (Lipinski definition) is 0. The van der Waals surface area contributed by atoms with Gasteiger partial charge in [0.1, 0.15) is 6.10 Å². The van der Waals surface area contributed by atoms with Crippen molar-refractivity contribution in [3.63, 3.8) is 0 Å². The maximum Gasteiger partial charge on any atom is 0.249 e. The van der Waals surface area contributed by atoms with Gasteiger partial charge in [-0.25, -0.2) is 0 Å². The SMILES string of the molecule is CCO[C@@H]1CCN(C(=O)C2=CCCCC2)[C@H]2CCO[C@H]12. The third kappa shape index (κ3) is 2.63. The van der Waals surface area contributed by atoms with E-state index in [1.807, 2.05) is 6.92 Å². The summed E-state index contributed by atoms with van der Waals surface area (Å²) in [6.07, 6.45) is 8.61. The first-order valence-electron chi connectivity index (χ1n) is 8.04. The van der Waals surface area contributed by atoms with Crippen molar-refractivity contribution < 1.29 is 14.3 Å². The highest BCUT2D eigenvalue weighted by molar-refractivity contribution is 5.93. The number of piperidine rings is 1. The number of likely N-dealkylation sites (tertiary alicyclic amines) is 1. The van der Waals surface area contributed by atoms with Crippen LogP contribution in [0.1, 0.15) is 45.4 Å². The van der Waals surface area contributed by atoms with Gasteiger partial charge in [-0.15, -0.1) is 0 Å². The smallest absolute Gasteiger partial charge is 0.249 e. The van der Waals surface area contributed by atoms with E-state index >= 15 is 0 Å². The van der Waals surface area contributed by atoms with Gasteiger partial charge in [0.15, 0.2) is 0 Å². The molecule has 2 aliphatic heterocycles. The molecule has 0 spiro atoms. The van der Waals surface area contributed by atoms with Crippen molar-refractivity contribution in [3.05, 3.63) is 11.6 Å². The first kappa shape index (κ1) is 14.1. The Morgan fingerprint density at radius 1 is 1.45 bits per heavy atom. The Hall–Kier alpha value is -0.870. The van der Waals surface area contributed by atoms with Crippen LogP contribution in [0.2, 0.25) is 0 Å². The molecule has 3 atom stereocenters. The van der Waals surface area contributed by atoms with Gasteiger partial charge in [0.25, 0.3) is 0 Å². The molecule has 2 heterocycles. The monoisotopic (exact) mass is 279 g/mol. The molecule has 2 fully saturated rings. The first-order valence-corrected chi connectivity index (χ1v) is 8.04. The minimum Gasteiger partial charge on any atom is -0.376 e. The lowest BCUT2D eigenvalue weighted by atomic mass is 9.92. The van der Waals surface area contributed by atoms with Gasteiger partial charge in [-0.3, -0.25) is 4.79 Å².